The third kappa shape index (κ3) is 5.45. The highest BCUT2D eigenvalue weighted by atomic mass is 16.5. The van der Waals surface area contributed by atoms with Gasteiger partial charge in [0.2, 0.25) is 0 Å². The summed E-state index contributed by atoms with van der Waals surface area (Å²) in [4.78, 5) is 67.0. The molecule has 5 aromatic carbocycles. The van der Waals surface area contributed by atoms with E-state index in [0.717, 1.165) is 0 Å². The zero-order valence-corrected chi connectivity index (χ0v) is 31.9. The van der Waals surface area contributed by atoms with E-state index in [1.807, 2.05) is 6.08 Å². The van der Waals surface area contributed by atoms with Crippen LogP contribution in [0, 0.1) is 11.8 Å². The standard InChI is InChI=1S/C43H44N2O11/c1-17-12-23-29-34-31(40(49)38(23)44-21-10-6-8-19(13-21)42(50)51)25(48)16-27(55-4)32(34)33-26(54-3)15-24(47)30-36(33)35(29)37(28(17)18(2)46)41(56-5)39(30)45-22-11-7-9-20(14-22)43(52)53/h12,15-16,19-22,28,44-45,49H,6-11,13-14H2,1-5H3,(H,50,51)(H,52,53). The topological polar surface area (TPSA) is 198 Å². The van der Waals surface area contributed by atoms with Crippen molar-refractivity contribution < 1.29 is 43.9 Å². The number of aliphatic carboxylic acids is 2. The molecular formula is C43H44N2O11. The number of Topliss-reactive ketones (excluding diaryl/α,β-unsaturated/α-hetero) is 1. The average molecular weight is 765 g/mol. The van der Waals surface area contributed by atoms with Crippen LogP contribution in [0.4, 0.5) is 11.4 Å². The molecule has 0 aliphatic heterocycles. The number of allylic oxidation sites excluding steroid dienone is 1. The van der Waals surface area contributed by atoms with Crippen LogP contribution < -0.4 is 35.7 Å². The zero-order chi connectivity index (χ0) is 39.9. The second-order valence-corrected chi connectivity index (χ2v) is 15.6. The van der Waals surface area contributed by atoms with Crippen molar-refractivity contribution in [3.05, 3.63) is 49.3 Å². The lowest BCUT2D eigenvalue weighted by Crippen LogP contribution is -2.31. The fourth-order valence-corrected chi connectivity index (χ4v) is 10.1. The molecule has 292 valence electrons. The fraction of sp³-hybridized carbons (Fsp3) is 0.419. The molecular weight excluding hydrogens is 720 g/mol. The first-order valence-electron chi connectivity index (χ1n) is 19.0. The molecule has 13 nitrogen and oxygen atoms in total. The lowest BCUT2D eigenvalue weighted by atomic mass is 9.79. The molecule has 8 rings (SSSR count). The van der Waals surface area contributed by atoms with Crippen molar-refractivity contribution in [3.63, 3.8) is 0 Å². The SMILES string of the molecule is COc1c(NC2CCCC(C(=O)O)C2)c2c(=O)cc(OC)c3c4c(OC)cc(=O)c5c(O)c(NC6CCCC(C(=O)O)C6)c6c(c(c1C(C(C)=O)C(C)=C6)c23)c54. The Kier molecular flexibility index (Phi) is 9.08. The molecule has 0 saturated heterocycles. The number of fused-ring (bicyclic) bond motifs is 1. The molecule has 56 heavy (non-hydrogen) atoms. The summed E-state index contributed by atoms with van der Waals surface area (Å²) in [5.74, 6) is -3.83. The van der Waals surface area contributed by atoms with E-state index in [2.05, 4.69) is 10.6 Å². The molecule has 0 amide bonds. The van der Waals surface area contributed by atoms with E-state index in [1.165, 1.54) is 40.4 Å². The Morgan fingerprint density at radius 1 is 0.679 bits per heavy atom. The second-order valence-electron chi connectivity index (χ2n) is 15.6. The molecule has 0 aromatic heterocycles. The molecule has 3 aliphatic rings. The molecule has 5 unspecified atom stereocenters. The number of phenols is 1. The number of phenolic OH excluding ortho intramolecular Hbond substituents is 1. The van der Waals surface area contributed by atoms with Crippen molar-refractivity contribution in [1.82, 2.24) is 0 Å². The maximum atomic E-state index is 14.6. The van der Waals surface area contributed by atoms with E-state index in [-0.39, 0.29) is 57.3 Å². The highest BCUT2D eigenvalue weighted by molar-refractivity contribution is 6.40. The number of carboxylic acid groups (broad SMARTS) is 2. The Balaban J connectivity index is 1.60. The van der Waals surface area contributed by atoms with Crippen LogP contribution in [0.3, 0.4) is 0 Å². The van der Waals surface area contributed by atoms with Gasteiger partial charge in [0.1, 0.15) is 23.0 Å². The van der Waals surface area contributed by atoms with Gasteiger partial charge in [-0.05, 0) is 57.8 Å². The van der Waals surface area contributed by atoms with Crippen molar-refractivity contribution in [2.24, 2.45) is 11.8 Å². The number of nitrogens with one attached hydrogen (secondary N) is 2. The molecule has 5 atom stereocenters. The first-order valence-corrected chi connectivity index (χ1v) is 19.0. The van der Waals surface area contributed by atoms with Crippen LogP contribution in [0.5, 0.6) is 23.0 Å². The average Bonchev–Trinajstić information content (AvgIpc) is 3.30. The van der Waals surface area contributed by atoms with E-state index in [1.54, 1.807) is 6.92 Å². The first-order chi connectivity index (χ1) is 26.8. The molecule has 2 fully saturated rings. The number of anilines is 2. The summed E-state index contributed by atoms with van der Waals surface area (Å²) in [6, 6.07) is 1.95. The number of ketones is 1. The van der Waals surface area contributed by atoms with Gasteiger partial charge >= 0.3 is 11.9 Å². The van der Waals surface area contributed by atoms with Gasteiger partial charge in [-0.15, -0.1) is 0 Å². The lowest BCUT2D eigenvalue weighted by molar-refractivity contribution is -0.143. The predicted molar refractivity (Wildman–Crippen MR) is 214 cm³/mol. The molecule has 13 heteroatoms. The van der Waals surface area contributed by atoms with Gasteiger partial charge in [0, 0.05) is 62.3 Å². The van der Waals surface area contributed by atoms with Gasteiger partial charge in [-0.2, -0.15) is 0 Å². The highest BCUT2D eigenvalue weighted by Crippen LogP contribution is 2.58. The Labute approximate surface area is 320 Å². The van der Waals surface area contributed by atoms with Gasteiger partial charge in [-0.1, -0.05) is 24.5 Å². The number of rotatable bonds is 10. The number of methoxy groups -OCH3 is 3. The number of carboxylic acids is 2. The van der Waals surface area contributed by atoms with Crippen LogP contribution in [0.15, 0.2) is 27.3 Å². The van der Waals surface area contributed by atoms with Crippen LogP contribution in [-0.4, -0.2) is 66.5 Å². The summed E-state index contributed by atoms with van der Waals surface area (Å²) in [7, 11) is 4.32. The maximum absolute atomic E-state index is 14.6. The van der Waals surface area contributed by atoms with Crippen LogP contribution in [0.1, 0.15) is 82.3 Å². The van der Waals surface area contributed by atoms with E-state index < -0.39 is 40.5 Å². The number of hydrogen-bond acceptors (Lipinski definition) is 11. The summed E-state index contributed by atoms with van der Waals surface area (Å²) in [5, 5.41) is 41.9. The van der Waals surface area contributed by atoms with Crippen molar-refractivity contribution in [2.75, 3.05) is 32.0 Å². The minimum atomic E-state index is -0.917. The van der Waals surface area contributed by atoms with E-state index >= 15 is 0 Å². The monoisotopic (exact) mass is 764 g/mol. The number of aromatic hydroxyl groups is 1. The molecule has 2 saturated carbocycles. The number of carbonyl (C=O) groups is 3. The molecule has 5 aromatic rings. The predicted octanol–water partition coefficient (Wildman–Crippen LogP) is 6.83. The summed E-state index contributed by atoms with van der Waals surface area (Å²) in [5.41, 5.74) is 1.11. The summed E-state index contributed by atoms with van der Waals surface area (Å²) < 4.78 is 18.1. The quantitative estimate of drug-likeness (QED) is 0.0564. The summed E-state index contributed by atoms with van der Waals surface area (Å²) >= 11 is 0. The highest BCUT2D eigenvalue weighted by Gasteiger charge is 2.39. The summed E-state index contributed by atoms with van der Waals surface area (Å²) in [6.45, 7) is 3.28. The second kappa shape index (κ2) is 13.7. The van der Waals surface area contributed by atoms with E-state index in [0.29, 0.717) is 106 Å². The van der Waals surface area contributed by atoms with Crippen LogP contribution >= 0.6 is 0 Å². The molecule has 0 radical (unpaired) electrons. The Bertz CT molecular complexity index is 2650. The Morgan fingerprint density at radius 2 is 1.20 bits per heavy atom. The number of carbonyl (C=O) groups excluding carboxylic acids is 1. The molecule has 3 aliphatic carbocycles. The maximum Gasteiger partial charge on any atom is 0.306 e. The summed E-state index contributed by atoms with van der Waals surface area (Å²) in [6.07, 6.45) is 6.05. The number of ether oxygens (including phenoxy) is 3. The van der Waals surface area contributed by atoms with Crippen molar-refractivity contribution in [2.45, 2.75) is 83.2 Å². The van der Waals surface area contributed by atoms with Crippen molar-refractivity contribution in [1.29, 1.82) is 0 Å². The van der Waals surface area contributed by atoms with Crippen molar-refractivity contribution >= 4 is 78.3 Å². The van der Waals surface area contributed by atoms with Gasteiger partial charge in [-0.3, -0.25) is 24.0 Å². The molecule has 5 N–H and O–H groups in total. The number of benzene rings is 5. The minimum Gasteiger partial charge on any atom is -0.505 e. The lowest BCUT2D eigenvalue weighted by Gasteiger charge is -2.32. The van der Waals surface area contributed by atoms with Crippen LogP contribution in [0.2, 0.25) is 0 Å². The van der Waals surface area contributed by atoms with Gasteiger partial charge in [0.15, 0.2) is 16.6 Å². The van der Waals surface area contributed by atoms with Crippen LogP contribution in [0.25, 0.3) is 49.2 Å². The molecule has 0 bridgehead atoms. The van der Waals surface area contributed by atoms with Gasteiger partial charge < -0.3 is 40.2 Å². The molecule has 0 heterocycles. The normalized spacial score (nSPS) is 22.3. The molecule has 0 spiro atoms. The van der Waals surface area contributed by atoms with Crippen molar-refractivity contribution in [3.8, 4) is 23.0 Å². The third-order valence-electron chi connectivity index (χ3n) is 12.4. The minimum absolute atomic E-state index is 0.0129. The zero-order valence-electron chi connectivity index (χ0n) is 31.9. The third-order valence-corrected chi connectivity index (χ3v) is 12.4. The van der Waals surface area contributed by atoms with Gasteiger partial charge in [0.05, 0.1) is 61.2 Å². The Morgan fingerprint density at radius 3 is 1.70 bits per heavy atom. The fourth-order valence-electron chi connectivity index (χ4n) is 10.1. The van der Waals surface area contributed by atoms with Crippen LogP contribution in [-0.2, 0) is 14.4 Å². The van der Waals surface area contributed by atoms with Gasteiger partial charge in [0.25, 0.3) is 0 Å². The first kappa shape index (κ1) is 37.1. The van der Waals surface area contributed by atoms with Gasteiger partial charge in [-0.25, -0.2) is 0 Å². The smallest absolute Gasteiger partial charge is 0.306 e. The largest absolute Gasteiger partial charge is 0.505 e. The van der Waals surface area contributed by atoms with E-state index in [9.17, 15) is 39.3 Å². The number of hydrogen-bond donors (Lipinski definition) is 5. The van der Waals surface area contributed by atoms with E-state index in [4.69, 9.17) is 14.2 Å². The Hall–Kier alpha value is -5.85.